The predicted molar refractivity (Wildman–Crippen MR) is 180 cm³/mol. The maximum atomic E-state index is 15.6. The quantitative estimate of drug-likeness (QED) is 0.112. The van der Waals surface area contributed by atoms with Gasteiger partial charge in [0.25, 0.3) is 0 Å². The van der Waals surface area contributed by atoms with Crippen molar-refractivity contribution in [3.8, 4) is 22.3 Å². The lowest BCUT2D eigenvalue weighted by molar-refractivity contribution is -0.115. The number of aryl methyl sites for hydroxylation is 1. The Kier molecular flexibility index (Phi) is 13.2. The summed E-state index contributed by atoms with van der Waals surface area (Å²) in [6, 6.07) is 20.8. The van der Waals surface area contributed by atoms with E-state index in [0.717, 1.165) is 62.3 Å². The Hall–Kier alpha value is -4.77. The van der Waals surface area contributed by atoms with Crippen LogP contribution in [0.15, 0.2) is 77.8 Å². The number of carbonyl (C=O) groups is 2. The molecule has 1 heterocycles. The number of nitrogens with zero attached hydrogens (tertiary/aromatic N) is 2. The van der Waals surface area contributed by atoms with Crippen molar-refractivity contribution in [3.05, 3.63) is 101 Å². The molecule has 10 heteroatoms. The highest BCUT2D eigenvalue weighted by atomic mass is 19.1. The van der Waals surface area contributed by atoms with Crippen LogP contribution in [0.25, 0.3) is 22.3 Å². The molecule has 0 amide bonds. The maximum absolute atomic E-state index is 15.6. The molecule has 4 N–H and O–H groups in total. The Bertz CT molecular complexity index is 1640. The van der Waals surface area contributed by atoms with E-state index in [-0.39, 0.29) is 28.4 Å². The molecule has 0 aliphatic carbocycles. The number of aliphatic imine (C=N–C) groups is 1. The van der Waals surface area contributed by atoms with E-state index >= 15 is 8.78 Å². The monoisotopic (exact) mass is 630 g/mol. The van der Waals surface area contributed by atoms with E-state index in [0.29, 0.717) is 16.8 Å². The molecule has 0 spiro atoms. The van der Waals surface area contributed by atoms with Crippen molar-refractivity contribution < 1.29 is 28.6 Å². The van der Waals surface area contributed by atoms with Crippen LogP contribution in [0.2, 0.25) is 0 Å². The smallest absolute Gasteiger partial charge is 0.336 e. The molecular formula is C36H40F2N4O4. The molecule has 1 aliphatic heterocycles. The first-order chi connectivity index (χ1) is 22.2. The zero-order valence-electron chi connectivity index (χ0n) is 26.5. The molecule has 5 rings (SSSR count). The van der Waals surface area contributed by atoms with Crippen molar-refractivity contribution in [1.29, 1.82) is 0 Å². The normalized spacial score (nSPS) is 12.5. The molecule has 4 aromatic rings. The van der Waals surface area contributed by atoms with Gasteiger partial charge >= 0.3 is 5.97 Å². The van der Waals surface area contributed by atoms with Gasteiger partial charge in [-0.1, -0.05) is 61.5 Å². The number of aldehydes is 1. The van der Waals surface area contributed by atoms with Crippen molar-refractivity contribution in [1.82, 2.24) is 10.2 Å². The molecule has 46 heavy (non-hydrogen) atoms. The molecule has 0 radical (unpaired) electrons. The van der Waals surface area contributed by atoms with Gasteiger partial charge in [0.15, 0.2) is 5.82 Å². The number of hydrogen-bond acceptors (Lipinski definition) is 7. The fourth-order valence-electron chi connectivity index (χ4n) is 4.92. The minimum Gasteiger partial charge on any atom is -0.478 e. The van der Waals surface area contributed by atoms with Crippen molar-refractivity contribution >= 4 is 36.0 Å². The zero-order chi connectivity index (χ0) is 33.8. The van der Waals surface area contributed by atoms with Crippen LogP contribution in [0.4, 0.5) is 25.8 Å². The molecule has 1 fully saturated rings. The average Bonchev–Trinajstić information content (AvgIpc) is 3.05. The van der Waals surface area contributed by atoms with Gasteiger partial charge in [0.1, 0.15) is 17.8 Å². The first kappa shape index (κ1) is 35.7. The summed E-state index contributed by atoms with van der Waals surface area (Å²) < 4.78 is 30.9. The molecule has 0 aromatic heterocycles. The van der Waals surface area contributed by atoms with Gasteiger partial charge in [-0.3, -0.25) is 9.89 Å². The summed E-state index contributed by atoms with van der Waals surface area (Å²) in [5.41, 5.74) is 3.99. The summed E-state index contributed by atoms with van der Waals surface area (Å²) >= 11 is 0. The molecular weight excluding hydrogens is 590 g/mol. The van der Waals surface area contributed by atoms with Crippen LogP contribution in [0.1, 0.15) is 28.4 Å². The topological polar surface area (TPSA) is 114 Å². The van der Waals surface area contributed by atoms with Crippen LogP contribution in [-0.4, -0.2) is 67.9 Å². The maximum Gasteiger partial charge on any atom is 0.336 e. The number of carboxylic acids is 1. The van der Waals surface area contributed by atoms with Crippen LogP contribution in [0.5, 0.6) is 0 Å². The van der Waals surface area contributed by atoms with Gasteiger partial charge in [-0.2, -0.15) is 0 Å². The van der Waals surface area contributed by atoms with Crippen LogP contribution in [0, 0.1) is 24.5 Å². The van der Waals surface area contributed by atoms with Crippen molar-refractivity contribution in [3.63, 3.8) is 0 Å². The predicted octanol–water partition coefficient (Wildman–Crippen LogP) is 6.85. The number of likely N-dealkylation sites (tertiary alicyclic amines) is 1. The molecule has 242 valence electrons. The average molecular weight is 631 g/mol. The van der Waals surface area contributed by atoms with E-state index in [9.17, 15) is 14.7 Å². The van der Waals surface area contributed by atoms with Crippen molar-refractivity contribution in [2.45, 2.75) is 20.4 Å². The second-order valence-electron chi connectivity index (χ2n) is 10.6. The van der Waals surface area contributed by atoms with E-state index < -0.39 is 17.6 Å². The molecule has 1 saturated heterocycles. The fraction of sp³-hybridized carbons (Fsp3) is 0.250. The third-order valence-electron chi connectivity index (χ3n) is 7.50. The highest BCUT2D eigenvalue weighted by molar-refractivity contribution is 5.91. The highest BCUT2D eigenvalue weighted by Crippen LogP contribution is 2.39. The van der Waals surface area contributed by atoms with Crippen LogP contribution < -0.4 is 10.6 Å². The van der Waals surface area contributed by atoms with Gasteiger partial charge in [0.2, 0.25) is 0 Å². The van der Waals surface area contributed by atoms with Gasteiger partial charge in [-0.15, -0.1) is 0 Å². The number of benzene rings is 4. The largest absolute Gasteiger partial charge is 0.478 e. The number of rotatable bonds is 10. The van der Waals surface area contributed by atoms with Crippen LogP contribution >= 0.6 is 0 Å². The number of aromatic carboxylic acids is 1. The molecule has 1 aliphatic rings. The van der Waals surface area contributed by atoms with E-state index in [2.05, 4.69) is 34.2 Å². The minimum atomic E-state index is -1.10. The summed E-state index contributed by atoms with van der Waals surface area (Å²) in [6.07, 6.45) is 1.00. The number of carbonyl (C=O) groups excluding carboxylic acids is 1. The standard InChI is InChI=1S/C32H27F2N3O3.C3H9N.CH4O/c1-19-3-12-25(13-26(19)32(39)40)36-28-14-27(33)29(30(34)31(28)35-2)24-10-8-23(9-11-24)22-6-4-20(5-7-22)15-37-16-21(17-37)18-38;1-3-4-2;1-2/h3-14,18,21,36H,2,15-17H2,1H3,(H,39,40);4H,3H2,1-2H3;2H,1H3. The van der Waals surface area contributed by atoms with E-state index in [1.54, 1.807) is 43.3 Å². The van der Waals surface area contributed by atoms with Gasteiger partial charge in [0, 0.05) is 44.4 Å². The van der Waals surface area contributed by atoms with Gasteiger partial charge in [-0.25, -0.2) is 13.6 Å². The van der Waals surface area contributed by atoms with Crippen LogP contribution in [-0.2, 0) is 11.3 Å². The number of anilines is 2. The summed E-state index contributed by atoms with van der Waals surface area (Å²) in [5, 5.41) is 22.2. The molecule has 0 atom stereocenters. The lowest BCUT2D eigenvalue weighted by atomic mass is 9.97. The molecule has 0 unspecified atom stereocenters. The minimum absolute atomic E-state index is 0.0329. The molecule has 4 aromatic carbocycles. The first-order valence-electron chi connectivity index (χ1n) is 14.7. The fourth-order valence-corrected chi connectivity index (χ4v) is 4.92. The molecule has 0 saturated carbocycles. The van der Waals surface area contributed by atoms with E-state index in [1.165, 1.54) is 6.07 Å². The number of carboxylic acid groups (broad SMARTS) is 1. The highest BCUT2D eigenvalue weighted by Gasteiger charge is 2.25. The summed E-state index contributed by atoms with van der Waals surface area (Å²) in [6.45, 7) is 10.6. The van der Waals surface area contributed by atoms with Crippen molar-refractivity contribution in [2.24, 2.45) is 10.9 Å². The summed E-state index contributed by atoms with van der Waals surface area (Å²) in [7, 11) is 2.93. The molecule has 0 bridgehead atoms. The summed E-state index contributed by atoms with van der Waals surface area (Å²) in [4.78, 5) is 28.3. The number of aliphatic hydroxyl groups is 1. The van der Waals surface area contributed by atoms with Gasteiger partial charge < -0.3 is 25.6 Å². The van der Waals surface area contributed by atoms with Crippen molar-refractivity contribution in [2.75, 3.05) is 39.1 Å². The zero-order valence-corrected chi connectivity index (χ0v) is 26.5. The van der Waals surface area contributed by atoms with Gasteiger partial charge in [-0.05, 0) is 67.2 Å². The lowest BCUT2D eigenvalue weighted by Gasteiger charge is -2.36. The van der Waals surface area contributed by atoms with E-state index in [1.807, 2.05) is 31.3 Å². The first-order valence-corrected chi connectivity index (χ1v) is 14.7. The van der Waals surface area contributed by atoms with Crippen LogP contribution in [0.3, 0.4) is 0 Å². The summed E-state index contributed by atoms with van der Waals surface area (Å²) in [5.74, 6) is -2.63. The number of halogens is 2. The Morgan fingerprint density at radius 3 is 2.09 bits per heavy atom. The molecule has 8 nitrogen and oxygen atoms in total. The Balaban J connectivity index is 0.000000891. The second kappa shape index (κ2) is 17.1. The second-order valence-corrected chi connectivity index (χ2v) is 10.6. The number of nitrogens with one attached hydrogen (secondary N) is 2. The Morgan fingerprint density at radius 1 is 1.00 bits per heavy atom. The Labute approximate surface area is 268 Å². The number of aliphatic hydroxyl groups excluding tert-OH is 1. The third-order valence-corrected chi connectivity index (χ3v) is 7.50. The van der Waals surface area contributed by atoms with E-state index in [4.69, 9.17) is 5.11 Å². The lowest BCUT2D eigenvalue weighted by Crippen LogP contribution is -2.46. The number of hydrogen-bond donors (Lipinski definition) is 4. The SMILES string of the molecule is C=Nc1c(Nc2ccc(C)c(C(=O)O)c2)cc(F)c(-c2ccc(-c3ccc(CN4CC(C=O)C4)cc3)cc2)c1F.CCNC.CO. The van der Waals surface area contributed by atoms with Gasteiger partial charge in [0.05, 0.1) is 16.8 Å². The Morgan fingerprint density at radius 2 is 1.57 bits per heavy atom. The third kappa shape index (κ3) is 8.69.